The first kappa shape index (κ1) is 13.1. The molecule has 0 bridgehead atoms. The molecule has 0 fully saturated rings. The Hall–Kier alpha value is -2.93. The Kier molecular flexibility index (Phi) is 3.95. The van der Waals surface area contributed by atoms with Crippen LogP contribution in [0.3, 0.4) is 0 Å². The maximum atomic E-state index is 13.4. The van der Waals surface area contributed by atoms with Crippen LogP contribution in [-0.4, -0.2) is 12.0 Å². The molecule has 0 aliphatic carbocycles. The number of methoxy groups -OCH3 is 1. The number of nitrogens with zero attached hydrogens (tertiary/aromatic N) is 3. The molecular weight excluding hydrogens is 241 g/mol. The zero-order valence-electron chi connectivity index (χ0n) is 9.18. The fraction of sp³-hybridized carbons (Fsp3) is 0.0909. The minimum atomic E-state index is -1.07. The fourth-order valence-corrected chi connectivity index (χ4v) is 1.29. The van der Waals surface area contributed by atoms with Crippen molar-refractivity contribution in [1.29, 1.82) is 10.5 Å². The van der Waals surface area contributed by atoms with Crippen molar-refractivity contribution in [2.75, 3.05) is 7.11 Å². The minimum absolute atomic E-state index is 0.0821. The molecule has 7 heteroatoms. The summed E-state index contributed by atoms with van der Waals surface area (Å²) in [5.74, 6) is -1.20. The number of nitro benzene ring substituents is 1. The molecule has 0 N–H and O–H groups in total. The number of allylic oxidation sites excluding steroid dienone is 1. The summed E-state index contributed by atoms with van der Waals surface area (Å²) in [6, 6.07) is 6.17. The van der Waals surface area contributed by atoms with E-state index in [1.807, 2.05) is 0 Å². The van der Waals surface area contributed by atoms with Gasteiger partial charge < -0.3 is 4.74 Å². The van der Waals surface area contributed by atoms with E-state index in [1.165, 1.54) is 13.2 Å². The normalized spacial score (nSPS) is 8.89. The number of hydrogen-bond acceptors (Lipinski definition) is 5. The van der Waals surface area contributed by atoms with E-state index in [4.69, 9.17) is 15.3 Å². The number of hydrogen-bond donors (Lipinski definition) is 0. The van der Waals surface area contributed by atoms with Gasteiger partial charge in [0.25, 0.3) is 0 Å². The van der Waals surface area contributed by atoms with E-state index >= 15 is 0 Å². The number of rotatable bonds is 3. The summed E-state index contributed by atoms with van der Waals surface area (Å²) in [6.45, 7) is 0. The number of nitriles is 2. The fourth-order valence-electron chi connectivity index (χ4n) is 1.29. The molecule has 0 saturated carbocycles. The lowest BCUT2D eigenvalue weighted by Crippen LogP contribution is -1.96. The third-order valence-electron chi connectivity index (χ3n) is 2.06. The third kappa shape index (κ3) is 2.42. The summed E-state index contributed by atoms with van der Waals surface area (Å²) >= 11 is 0. The number of halogens is 1. The molecule has 0 spiro atoms. The second kappa shape index (κ2) is 5.41. The molecule has 1 aromatic carbocycles. The van der Waals surface area contributed by atoms with E-state index in [2.05, 4.69) is 0 Å². The van der Waals surface area contributed by atoms with Crippen LogP contribution in [0.15, 0.2) is 23.8 Å². The molecule has 0 heterocycles. The van der Waals surface area contributed by atoms with E-state index in [0.29, 0.717) is 0 Å². The highest BCUT2D eigenvalue weighted by Gasteiger charge is 2.17. The lowest BCUT2D eigenvalue weighted by atomic mass is 10.1. The van der Waals surface area contributed by atoms with E-state index in [0.717, 1.165) is 12.1 Å². The van der Waals surface area contributed by atoms with E-state index < -0.39 is 16.4 Å². The Morgan fingerprint density at radius 2 is 2.06 bits per heavy atom. The summed E-state index contributed by atoms with van der Waals surface area (Å²) in [6.07, 6.45) is 0. The lowest BCUT2D eigenvalue weighted by molar-refractivity contribution is -0.387. The van der Waals surface area contributed by atoms with Gasteiger partial charge in [0, 0.05) is 11.6 Å². The van der Waals surface area contributed by atoms with Crippen LogP contribution in [0.1, 0.15) is 5.56 Å². The highest BCUT2D eigenvalue weighted by Crippen LogP contribution is 2.24. The van der Waals surface area contributed by atoms with Crippen LogP contribution in [0.2, 0.25) is 0 Å². The third-order valence-corrected chi connectivity index (χ3v) is 2.06. The quantitative estimate of drug-likeness (QED) is 0.352. The molecule has 0 radical (unpaired) electrons. The van der Waals surface area contributed by atoms with Gasteiger partial charge in [-0.3, -0.25) is 10.1 Å². The van der Waals surface area contributed by atoms with Crippen LogP contribution >= 0.6 is 0 Å². The van der Waals surface area contributed by atoms with Crippen molar-refractivity contribution in [1.82, 2.24) is 0 Å². The van der Waals surface area contributed by atoms with Gasteiger partial charge in [0.2, 0.25) is 5.82 Å². The van der Waals surface area contributed by atoms with Gasteiger partial charge in [-0.05, 0) is 12.1 Å². The molecule has 0 aromatic heterocycles. The number of nitro groups is 1. The zero-order chi connectivity index (χ0) is 13.7. The minimum Gasteiger partial charge on any atom is -0.494 e. The second-order valence-electron chi connectivity index (χ2n) is 3.06. The monoisotopic (exact) mass is 247 g/mol. The molecular formula is C11H6FN3O3. The van der Waals surface area contributed by atoms with Gasteiger partial charge in [0.05, 0.1) is 12.0 Å². The van der Waals surface area contributed by atoms with Crippen molar-refractivity contribution >= 4 is 11.4 Å². The Bertz CT molecular complexity index is 595. The van der Waals surface area contributed by atoms with E-state index in [-0.39, 0.29) is 16.9 Å². The van der Waals surface area contributed by atoms with Gasteiger partial charge in [-0.1, -0.05) is 0 Å². The molecule has 1 rings (SSSR count). The van der Waals surface area contributed by atoms with Crippen molar-refractivity contribution in [3.63, 3.8) is 0 Å². The van der Waals surface area contributed by atoms with Gasteiger partial charge in [-0.15, -0.1) is 0 Å². The first-order valence-electron chi connectivity index (χ1n) is 4.58. The average molecular weight is 247 g/mol. The van der Waals surface area contributed by atoms with Crippen LogP contribution in [0.25, 0.3) is 5.76 Å². The van der Waals surface area contributed by atoms with Gasteiger partial charge in [-0.2, -0.15) is 14.9 Å². The molecule has 18 heavy (non-hydrogen) atoms. The van der Waals surface area contributed by atoms with Crippen molar-refractivity contribution in [2.45, 2.75) is 0 Å². The van der Waals surface area contributed by atoms with Crippen molar-refractivity contribution in [2.24, 2.45) is 0 Å². The van der Waals surface area contributed by atoms with Crippen LogP contribution in [0.5, 0.6) is 0 Å². The summed E-state index contributed by atoms with van der Waals surface area (Å²) in [5, 5.41) is 27.8. The highest BCUT2D eigenvalue weighted by atomic mass is 19.1. The molecule has 0 amide bonds. The van der Waals surface area contributed by atoms with Gasteiger partial charge >= 0.3 is 5.69 Å². The van der Waals surface area contributed by atoms with Crippen LogP contribution in [-0.2, 0) is 4.74 Å². The Balaban J connectivity index is 3.41. The van der Waals surface area contributed by atoms with Crippen molar-refractivity contribution < 1.29 is 14.1 Å². The van der Waals surface area contributed by atoms with Crippen LogP contribution < -0.4 is 0 Å². The van der Waals surface area contributed by atoms with Crippen LogP contribution in [0.4, 0.5) is 10.1 Å². The Morgan fingerprint density at radius 1 is 1.44 bits per heavy atom. The Labute approximate surface area is 101 Å². The molecule has 0 saturated heterocycles. The number of benzene rings is 1. The summed E-state index contributed by atoms with van der Waals surface area (Å²) in [4.78, 5) is 9.57. The zero-order valence-corrected chi connectivity index (χ0v) is 9.18. The van der Waals surface area contributed by atoms with Gasteiger partial charge in [-0.25, -0.2) is 0 Å². The molecule has 0 aliphatic heterocycles. The lowest BCUT2D eigenvalue weighted by Gasteiger charge is -2.06. The maximum Gasteiger partial charge on any atom is 0.304 e. The summed E-state index contributed by atoms with van der Waals surface area (Å²) < 4.78 is 18.2. The van der Waals surface area contributed by atoms with Gasteiger partial charge in [0.1, 0.15) is 12.1 Å². The smallest absolute Gasteiger partial charge is 0.304 e. The predicted molar refractivity (Wildman–Crippen MR) is 58.2 cm³/mol. The average Bonchev–Trinajstić information content (AvgIpc) is 2.35. The second-order valence-corrected chi connectivity index (χ2v) is 3.06. The highest BCUT2D eigenvalue weighted by molar-refractivity contribution is 5.71. The predicted octanol–water partition coefficient (Wildman–Crippen LogP) is 2.14. The molecule has 1 aromatic rings. The van der Waals surface area contributed by atoms with Crippen LogP contribution in [0, 0.1) is 38.6 Å². The molecule has 0 atom stereocenters. The first-order valence-corrected chi connectivity index (χ1v) is 4.58. The molecule has 0 aliphatic rings. The topological polar surface area (TPSA) is 99.9 Å². The SMILES string of the molecule is COC(=C(C#N)C#N)c1ccc([N+](=O)[O-])c(F)c1. The number of ether oxygens (including phenoxy) is 1. The summed E-state index contributed by atoms with van der Waals surface area (Å²) in [7, 11) is 1.21. The standard InChI is InChI=1S/C11H6FN3O3/c1-18-11(8(5-13)6-14)7-2-3-10(15(16)17)9(12)4-7/h2-4H,1H3. The Morgan fingerprint density at radius 3 is 2.44 bits per heavy atom. The summed E-state index contributed by atoms with van der Waals surface area (Å²) in [5.41, 5.74) is -0.950. The molecule has 90 valence electrons. The van der Waals surface area contributed by atoms with Crippen molar-refractivity contribution in [3.8, 4) is 12.1 Å². The largest absolute Gasteiger partial charge is 0.494 e. The maximum absolute atomic E-state index is 13.4. The molecule has 0 unspecified atom stereocenters. The van der Waals surface area contributed by atoms with Gasteiger partial charge in [0.15, 0.2) is 11.3 Å². The van der Waals surface area contributed by atoms with E-state index in [1.54, 1.807) is 12.1 Å². The van der Waals surface area contributed by atoms with Crippen molar-refractivity contribution in [3.05, 3.63) is 45.3 Å². The molecule has 6 nitrogen and oxygen atoms in total. The van der Waals surface area contributed by atoms with E-state index in [9.17, 15) is 14.5 Å². The first-order chi connectivity index (χ1) is 8.54.